The van der Waals surface area contributed by atoms with Crippen LogP contribution in [-0.4, -0.2) is 29.0 Å². The molecule has 0 aromatic rings. The van der Waals surface area contributed by atoms with Gasteiger partial charge in [0.15, 0.2) is 0 Å². The molecule has 1 aliphatic heterocycles. The van der Waals surface area contributed by atoms with Crippen molar-refractivity contribution in [3.63, 3.8) is 0 Å². The molecule has 0 bridgehead atoms. The van der Waals surface area contributed by atoms with Crippen LogP contribution in [0.25, 0.3) is 0 Å². The van der Waals surface area contributed by atoms with Gasteiger partial charge in [-0.15, -0.1) is 28.5 Å². The number of azo groups is 1. The van der Waals surface area contributed by atoms with Crippen LogP contribution in [0.2, 0.25) is 0 Å². The molecule has 0 saturated heterocycles. The molecule has 2 rings (SSSR count). The van der Waals surface area contributed by atoms with E-state index >= 15 is 0 Å². The van der Waals surface area contributed by atoms with E-state index in [1.807, 2.05) is 0 Å². The molecular weight excluding hydrogens is 250 g/mol. The van der Waals surface area contributed by atoms with Gasteiger partial charge in [0.05, 0.1) is 12.0 Å². The number of amides is 2. The zero-order chi connectivity index (χ0) is 11.5. The van der Waals surface area contributed by atoms with Gasteiger partial charge in [-0.3, -0.25) is 9.59 Å². The lowest BCUT2D eigenvalue weighted by molar-refractivity contribution is -0.119. The summed E-state index contributed by atoms with van der Waals surface area (Å²) < 4.78 is 0. The van der Waals surface area contributed by atoms with Crippen LogP contribution < -0.4 is 5.32 Å². The van der Waals surface area contributed by atoms with E-state index in [1.165, 1.54) is 18.0 Å². The Labute approximate surface area is 102 Å². The molecular formula is C9H10ClN3O2S. The van der Waals surface area contributed by atoms with Crippen molar-refractivity contribution in [2.24, 2.45) is 10.2 Å². The standard InChI is InChI=1S/C9H10ClN3O2S/c10-8-6(3-11-13-9(8)15)16-4-7(14)12-5-1-2-5/h3,5,8H,1-2,4H2,(H,12,14). The van der Waals surface area contributed by atoms with Gasteiger partial charge in [0, 0.05) is 10.9 Å². The van der Waals surface area contributed by atoms with Crippen LogP contribution in [0, 0.1) is 0 Å². The summed E-state index contributed by atoms with van der Waals surface area (Å²) in [5.41, 5.74) is 0. The van der Waals surface area contributed by atoms with Gasteiger partial charge in [0.1, 0.15) is 5.38 Å². The van der Waals surface area contributed by atoms with E-state index in [1.54, 1.807) is 0 Å². The summed E-state index contributed by atoms with van der Waals surface area (Å²) in [5, 5.41) is 8.88. The summed E-state index contributed by atoms with van der Waals surface area (Å²) in [5.74, 6) is -0.254. The minimum absolute atomic E-state index is 0.0350. The van der Waals surface area contributed by atoms with Crippen molar-refractivity contribution in [2.45, 2.75) is 24.3 Å². The molecule has 1 atom stereocenters. The third-order valence-electron chi connectivity index (χ3n) is 2.12. The zero-order valence-electron chi connectivity index (χ0n) is 8.35. The summed E-state index contributed by atoms with van der Waals surface area (Å²) in [4.78, 5) is 23.0. The number of nitrogens with zero attached hydrogens (tertiary/aromatic N) is 2. The van der Waals surface area contributed by atoms with Gasteiger partial charge in [-0.1, -0.05) is 0 Å². The number of hydrogen-bond acceptors (Lipinski definition) is 4. The third-order valence-corrected chi connectivity index (χ3v) is 3.75. The largest absolute Gasteiger partial charge is 0.353 e. The van der Waals surface area contributed by atoms with E-state index in [9.17, 15) is 9.59 Å². The number of halogens is 1. The van der Waals surface area contributed by atoms with E-state index in [-0.39, 0.29) is 11.7 Å². The van der Waals surface area contributed by atoms with E-state index in [2.05, 4.69) is 15.5 Å². The Hall–Kier alpha value is -0.880. The predicted molar refractivity (Wildman–Crippen MR) is 61.2 cm³/mol. The molecule has 16 heavy (non-hydrogen) atoms. The summed E-state index contributed by atoms with van der Waals surface area (Å²) >= 11 is 7.04. The highest BCUT2D eigenvalue weighted by Crippen LogP contribution is 2.27. The van der Waals surface area contributed by atoms with E-state index < -0.39 is 11.3 Å². The van der Waals surface area contributed by atoms with Gasteiger partial charge in [0.25, 0.3) is 5.91 Å². The molecule has 7 heteroatoms. The third kappa shape index (κ3) is 3.05. The smallest absolute Gasteiger partial charge is 0.287 e. The number of carbonyl (C=O) groups is 2. The maximum atomic E-state index is 11.4. The molecule has 1 fully saturated rings. The summed E-state index contributed by atoms with van der Waals surface area (Å²) in [6, 6.07) is 0.349. The first-order valence-corrected chi connectivity index (χ1v) is 6.30. The van der Waals surface area contributed by atoms with Crippen molar-refractivity contribution >= 4 is 35.2 Å². The Bertz CT molecular complexity index is 379. The van der Waals surface area contributed by atoms with Crippen LogP contribution in [0.4, 0.5) is 0 Å². The van der Waals surface area contributed by atoms with Crippen molar-refractivity contribution in [1.82, 2.24) is 5.32 Å². The number of carbonyl (C=O) groups excluding carboxylic acids is 2. The van der Waals surface area contributed by atoms with Gasteiger partial charge < -0.3 is 5.32 Å². The normalized spacial score (nSPS) is 24.2. The molecule has 1 aliphatic carbocycles. The summed E-state index contributed by atoms with van der Waals surface area (Å²) in [7, 11) is 0. The highest BCUT2D eigenvalue weighted by atomic mass is 35.5. The molecule has 0 aromatic heterocycles. The zero-order valence-corrected chi connectivity index (χ0v) is 9.92. The van der Waals surface area contributed by atoms with Crippen molar-refractivity contribution < 1.29 is 9.59 Å². The number of rotatable bonds is 4. The summed E-state index contributed by atoms with van der Waals surface area (Å²) in [6.45, 7) is 0. The quantitative estimate of drug-likeness (QED) is 0.777. The minimum atomic E-state index is -0.795. The van der Waals surface area contributed by atoms with E-state index in [0.717, 1.165) is 12.8 Å². The molecule has 86 valence electrons. The van der Waals surface area contributed by atoms with Gasteiger partial charge in [0.2, 0.25) is 5.91 Å². The molecule has 1 N–H and O–H groups in total. The van der Waals surface area contributed by atoms with Gasteiger partial charge >= 0.3 is 0 Å². The fourth-order valence-corrected chi connectivity index (χ4v) is 2.18. The predicted octanol–water partition coefficient (Wildman–Crippen LogP) is 1.44. The maximum absolute atomic E-state index is 11.4. The molecule has 1 unspecified atom stereocenters. The highest BCUT2D eigenvalue weighted by molar-refractivity contribution is 8.03. The SMILES string of the molecule is O=C(CSC1=CN=NC(=O)C1Cl)NC1CC1. The number of thioether (sulfide) groups is 1. The van der Waals surface area contributed by atoms with Crippen molar-refractivity contribution in [3.8, 4) is 0 Å². The van der Waals surface area contributed by atoms with Crippen molar-refractivity contribution in [1.29, 1.82) is 0 Å². The number of alkyl halides is 1. The second kappa shape index (κ2) is 4.97. The van der Waals surface area contributed by atoms with Crippen LogP contribution in [-0.2, 0) is 9.59 Å². The average Bonchev–Trinajstić information content (AvgIpc) is 3.04. The van der Waals surface area contributed by atoms with Crippen LogP contribution in [0.15, 0.2) is 21.3 Å². The molecule has 0 aromatic carbocycles. The lowest BCUT2D eigenvalue weighted by Crippen LogP contribution is -2.27. The molecule has 0 spiro atoms. The molecule has 2 amide bonds. The molecule has 1 saturated carbocycles. The molecule has 1 heterocycles. The second-order valence-electron chi connectivity index (χ2n) is 3.58. The molecule has 5 nitrogen and oxygen atoms in total. The Morgan fingerprint density at radius 2 is 2.38 bits per heavy atom. The van der Waals surface area contributed by atoms with Gasteiger partial charge in [-0.25, -0.2) is 0 Å². The van der Waals surface area contributed by atoms with Crippen LogP contribution >= 0.6 is 23.4 Å². The topological polar surface area (TPSA) is 70.9 Å². The van der Waals surface area contributed by atoms with Gasteiger partial charge in [-0.2, -0.15) is 5.11 Å². The van der Waals surface area contributed by atoms with Crippen LogP contribution in [0.5, 0.6) is 0 Å². The first-order chi connectivity index (χ1) is 7.66. The Morgan fingerprint density at radius 3 is 3.06 bits per heavy atom. The number of hydrogen-bond donors (Lipinski definition) is 1. The highest BCUT2D eigenvalue weighted by Gasteiger charge is 2.26. The average molecular weight is 260 g/mol. The monoisotopic (exact) mass is 259 g/mol. The first-order valence-electron chi connectivity index (χ1n) is 4.88. The lowest BCUT2D eigenvalue weighted by Gasteiger charge is -2.11. The van der Waals surface area contributed by atoms with Crippen LogP contribution in [0.3, 0.4) is 0 Å². The van der Waals surface area contributed by atoms with Crippen LogP contribution in [0.1, 0.15) is 12.8 Å². The maximum Gasteiger partial charge on any atom is 0.287 e. The lowest BCUT2D eigenvalue weighted by atomic mass is 10.4. The fraction of sp³-hybridized carbons (Fsp3) is 0.556. The first kappa shape index (κ1) is 11.6. The van der Waals surface area contributed by atoms with Crippen molar-refractivity contribution in [2.75, 3.05) is 5.75 Å². The molecule has 0 radical (unpaired) electrons. The Balaban J connectivity index is 1.80. The number of nitrogens with one attached hydrogen (secondary N) is 1. The van der Waals surface area contributed by atoms with Gasteiger partial charge in [-0.05, 0) is 12.8 Å². The van der Waals surface area contributed by atoms with Crippen molar-refractivity contribution in [3.05, 3.63) is 11.1 Å². The summed E-state index contributed by atoms with van der Waals surface area (Å²) in [6.07, 6.45) is 3.54. The van der Waals surface area contributed by atoms with E-state index in [4.69, 9.17) is 11.6 Å². The Morgan fingerprint density at radius 1 is 1.62 bits per heavy atom. The Kier molecular flexibility index (Phi) is 3.60. The molecule has 2 aliphatic rings. The minimum Gasteiger partial charge on any atom is -0.353 e. The fourth-order valence-electron chi connectivity index (χ4n) is 1.14. The van der Waals surface area contributed by atoms with E-state index in [0.29, 0.717) is 10.9 Å². The second-order valence-corrected chi connectivity index (χ2v) is 5.06.